The maximum Gasteiger partial charge on any atom is 0.338 e. The molecule has 0 aliphatic carbocycles. The van der Waals surface area contributed by atoms with E-state index in [1.807, 2.05) is 42.5 Å². The van der Waals surface area contributed by atoms with Gasteiger partial charge in [0.2, 0.25) is 0 Å². The molecule has 24 heavy (non-hydrogen) atoms. The Labute approximate surface area is 140 Å². The van der Waals surface area contributed by atoms with E-state index in [9.17, 15) is 9.59 Å². The van der Waals surface area contributed by atoms with Crippen molar-refractivity contribution >= 4 is 22.5 Å². The minimum atomic E-state index is -0.445. The zero-order chi connectivity index (χ0) is 16.9. The minimum Gasteiger partial charge on any atom is -0.462 e. The lowest BCUT2D eigenvalue weighted by Gasteiger charge is -2.05. The molecule has 0 atom stereocenters. The number of carbonyl (C=O) groups excluding carboxylic acids is 2. The van der Waals surface area contributed by atoms with Crippen LogP contribution in [0.2, 0.25) is 0 Å². The molecule has 0 aliphatic heterocycles. The first-order chi connectivity index (χ1) is 11.7. The van der Waals surface area contributed by atoms with E-state index in [0.717, 1.165) is 16.3 Å². The highest BCUT2D eigenvalue weighted by Crippen LogP contribution is 2.17. The number of ketones is 1. The molecule has 0 bridgehead atoms. The zero-order valence-corrected chi connectivity index (χ0v) is 13.4. The van der Waals surface area contributed by atoms with Gasteiger partial charge in [0.15, 0.2) is 5.78 Å². The van der Waals surface area contributed by atoms with Crippen molar-refractivity contribution in [3.8, 4) is 0 Å². The molecular formula is C20H17NO3. The van der Waals surface area contributed by atoms with Crippen molar-refractivity contribution in [2.24, 2.45) is 0 Å². The molecule has 0 amide bonds. The zero-order valence-electron chi connectivity index (χ0n) is 13.4. The van der Waals surface area contributed by atoms with E-state index in [-0.39, 0.29) is 17.9 Å². The molecule has 120 valence electrons. The number of ether oxygens (including phenoxy) is 1. The van der Waals surface area contributed by atoms with E-state index in [0.29, 0.717) is 12.2 Å². The van der Waals surface area contributed by atoms with Crippen LogP contribution in [0.25, 0.3) is 10.8 Å². The van der Waals surface area contributed by atoms with Crippen LogP contribution in [-0.4, -0.2) is 23.3 Å². The van der Waals surface area contributed by atoms with Gasteiger partial charge in [-0.15, -0.1) is 0 Å². The van der Waals surface area contributed by atoms with Gasteiger partial charge in [-0.1, -0.05) is 42.5 Å². The van der Waals surface area contributed by atoms with Gasteiger partial charge in [0, 0.05) is 12.6 Å². The van der Waals surface area contributed by atoms with Crippen LogP contribution in [0.4, 0.5) is 0 Å². The molecule has 2 aromatic carbocycles. The predicted octanol–water partition coefficient (Wildman–Crippen LogP) is 3.84. The van der Waals surface area contributed by atoms with Crippen LogP contribution >= 0.6 is 0 Å². The van der Waals surface area contributed by atoms with Crippen LogP contribution in [0.15, 0.2) is 60.8 Å². The van der Waals surface area contributed by atoms with Crippen molar-refractivity contribution in [1.82, 2.24) is 4.98 Å². The number of aromatic nitrogens is 1. The summed E-state index contributed by atoms with van der Waals surface area (Å²) < 4.78 is 4.95. The van der Waals surface area contributed by atoms with Crippen LogP contribution in [0.3, 0.4) is 0 Å². The summed E-state index contributed by atoms with van der Waals surface area (Å²) in [5.74, 6) is -0.573. The highest BCUT2D eigenvalue weighted by Gasteiger charge is 2.13. The highest BCUT2D eigenvalue weighted by molar-refractivity contribution is 5.99. The summed E-state index contributed by atoms with van der Waals surface area (Å²) in [6.07, 6.45) is 1.70. The van der Waals surface area contributed by atoms with Crippen molar-refractivity contribution in [3.05, 3.63) is 77.6 Å². The number of Topliss-reactive ketones (excluding diaryl/α,β-unsaturated/α-hetero) is 1. The standard InChI is InChI=1S/C20H17NO3/c1-2-24-20(23)17-9-10-21-18(13-17)19(22)12-14-7-8-15-5-3-4-6-16(15)11-14/h3-11,13H,2,12H2,1H3. The number of rotatable bonds is 5. The first-order valence-corrected chi connectivity index (χ1v) is 7.81. The van der Waals surface area contributed by atoms with Crippen LogP contribution < -0.4 is 0 Å². The van der Waals surface area contributed by atoms with Crippen LogP contribution in [-0.2, 0) is 11.2 Å². The second-order valence-corrected chi connectivity index (χ2v) is 5.43. The van der Waals surface area contributed by atoms with Gasteiger partial charge in [0.1, 0.15) is 5.69 Å². The molecule has 1 aromatic heterocycles. The molecule has 3 rings (SSSR count). The Morgan fingerprint density at radius 1 is 1.00 bits per heavy atom. The number of carbonyl (C=O) groups is 2. The normalized spacial score (nSPS) is 10.5. The minimum absolute atomic E-state index is 0.128. The van der Waals surface area contributed by atoms with E-state index >= 15 is 0 Å². The number of nitrogens with zero attached hydrogens (tertiary/aromatic N) is 1. The van der Waals surface area contributed by atoms with Gasteiger partial charge >= 0.3 is 5.97 Å². The summed E-state index contributed by atoms with van der Waals surface area (Å²) in [5, 5.41) is 2.23. The summed E-state index contributed by atoms with van der Waals surface area (Å²) in [7, 11) is 0. The fourth-order valence-electron chi connectivity index (χ4n) is 2.55. The largest absolute Gasteiger partial charge is 0.462 e. The van der Waals surface area contributed by atoms with Gasteiger partial charge in [-0.2, -0.15) is 0 Å². The Morgan fingerprint density at radius 3 is 2.58 bits per heavy atom. The first-order valence-electron chi connectivity index (χ1n) is 7.81. The van der Waals surface area contributed by atoms with Crippen molar-refractivity contribution < 1.29 is 14.3 Å². The lowest BCUT2D eigenvalue weighted by molar-refractivity contribution is 0.0526. The summed E-state index contributed by atoms with van der Waals surface area (Å²) in [5.41, 5.74) is 1.53. The summed E-state index contributed by atoms with van der Waals surface area (Å²) >= 11 is 0. The molecule has 4 heteroatoms. The monoisotopic (exact) mass is 319 g/mol. The Balaban J connectivity index is 1.81. The summed E-state index contributed by atoms with van der Waals surface area (Å²) in [4.78, 5) is 28.3. The first kappa shape index (κ1) is 15.9. The van der Waals surface area contributed by atoms with Crippen LogP contribution in [0.1, 0.15) is 33.3 Å². The third kappa shape index (κ3) is 3.49. The van der Waals surface area contributed by atoms with E-state index in [4.69, 9.17) is 4.74 Å². The Hall–Kier alpha value is -3.01. The lowest BCUT2D eigenvalue weighted by atomic mass is 10.0. The molecule has 0 unspecified atom stereocenters. The predicted molar refractivity (Wildman–Crippen MR) is 92.2 cm³/mol. The van der Waals surface area contributed by atoms with Crippen molar-refractivity contribution in [2.75, 3.05) is 6.61 Å². The maximum atomic E-state index is 12.5. The van der Waals surface area contributed by atoms with E-state index in [2.05, 4.69) is 4.98 Å². The van der Waals surface area contributed by atoms with Gasteiger partial charge in [-0.3, -0.25) is 9.78 Å². The molecule has 1 heterocycles. The number of pyridine rings is 1. The average Bonchev–Trinajstić information content (AvgIpc) is 2.62. The second-order valence-electron chi connectivity index (χ2n) is 5.43. The molecule has 0 fully saturated rings. The molecule has 0 saturated carbocycles. The van der Waals surface area contributed by atoms with Gasteiger partial charge in [-0.25, -0.2) is 4.79 Å². The molecule has 0 spiro atoms. The molecule has 0 saturated heterocycles. The molecule has 0 N–H and O–H groups in total. The highest BCUT2D eigenvalue weighted by atomic mass is 16.5. The van der Waals surface area contributed by atoms with Crippen molar-refractivity contribution in [3.63, 3.8) is 0 Å². The molecule has 0 radical (unpaired) electrons. The fraction of sp³-hybridized carbons (Fsp3) is 0.150. The molecular weight excluding hydrogens is 302 g/mol. The fourth-order valence-corrected chi connectivity index (χ4v) is 2.55. The number of hydrogen-bond donors (Lipinski definition) is 0. The van der Waals surface area contributed by atoms with E-state index < -0.39 is 5.97 Å². The van der Waals surface area contributed by atoms with E-state index in [1.165, 1.54) is 12.3 Å². The number of benzene rings is 2. The topological polar surface area (TPSA) is 56.3 Å². The quantitative estimate of drug-likeness (QED) is 0.529. The third-order valence-corrected chi connectivity index (χ3v) is 3.74. The SMILES string of the molecule is CCOC(=O)c1ccnc(C(=O)Cc2ccc3ccccc3c2)c1. The van der Waals surface area contributed by atoms with Crippen molar-refractivity contribution in [2.45, 2.75) is 13.3 Å². The number of esters is 1. The lowest BCUT2D eigenvalue weighted by Crippen LogP contribution is -2.10. The summed E-state index contributed by atoms with van der Waals surface area (Å²) in [6.45, 7) is 2.03. The smallest absolute Gasteiger partial charge is 0.338 e. The maximum absolute atomic E-state index is 12.5. The van der Waals surface area contributed by atoms with E-state index in [1.54, 1.807) is 13.0 Å². The Kier molecular flexibility index (Phi) is 4.66. The van der Waals surface area contributed by atoms with Crippen molar-refractivity contribution in [1.29, 1.82) is 0 Å². The van der Waals surface area contributed by atoms with Crippen LogP contribution in [0.5, 0.6) is 0 Å². The average molecular weight is 319 g/mol. The molecule has 4 nitrogen and oxygen atoms in total. The molecule has 3 aromatic rings. The van der Waals surface area contributed by atoms with Gasteiger partial charge in [-0.05, 0) is 35.4 Å². The second kappa shape index (κ2) is 7.04. The number of fused-ring (bicyclic) bond motifs is 1. The number of hydrogen-bond acceptors (Lipinski definition) is 4. The van der Waals surface area contributed by atoms with Gasteiger partial charge < -0.3 is 4.74 Å². The third-order valence-electron chi connectivity index (χ3n) is 3.74. The van der Waals surface area contributed by atoms with Gasteiger partial charge in [0.25, 0.3) is 0 Å². The summed E-state index contributed by atoms with van der Waals surface area (Å²) in [6, 6.07) is 17.0. The Morgan fingerprint density at radius 2 is 1.79 bits per heavy atom. The Bertz CT molecular complexity index is 902. The van der Waals surface area contributed by atoms with Crippen LogP contribution in [0, 0.1) is 0 Å². The molecule has 0 aliphatic rings. The van der Waals surface area contributed by atoms with Gasteiger partial charge in [0.05, 0.1) is 12.2 Å².